The van der Waals surface area contributed by atoms with Crippen molar-refractivity contribution in [2.24, 2.45) is 5.73 Å². The van der Waals surface area contributed by atoms with Crippen LogP contribution in [0.2, 0.25) is 0 Å². The van der Waals surface area contributed by atoms with E-state index in [2.05, 4.69) is 40.8 Å². The first-order valence-corrected chi connectivity index (χ1v) is 5.88. The SMILES string of the molecule is NC1CCN[C@H]1Cc1c[nH]c2ccccc12. The summed E-state index contributed by atoms with van der Waals surface area (Å²) in [7, 11) is 0. The van der Waals surface area contributed by atoms with Crippen LogP contribution in [-0.2, 0) is 6.42 Å². The van der Waals surface area contributed by atoms with Crippen molar-refractivity contribution in [1.29, 1.82) is 0 Å². The molecule has 1 aromatic heterocycles. The highest BCUT2D eigenvalue weighted by molar-refractivity contribution is 5.83. The number of rotatable bonds is 2. The van der Waals surface area contributed by atoms with Crippen molar-refractivity contribution in [2.45, 2.75) is 24.9 Å². The molecule has 0 amide bonds. The highest BCUT2D eigenvalue weighted by Crippen LogP contribution is 2.20. The molecule has 84 valence electrons. The van der Waals surface area contributed by atoms with Gasteiger partial charge in [0.05, 0.1) is 0 Å². The van der Waals surface area contributed by atoms with Crippen LogP contribution in [-0.4, -0.2) is 23.6 Å². The molecule has 3 heteroatoms. The summed E-state index contributed by atoms with van der Waals surface area (Å²) in [4.78, 5) is 3.31. The van der Waals surface area contributed by atoms with Crippen LogP contribution in [0.3, 0.4) is 0 Å². The van der Waals surface area contributed by atoms with E-state index in [9.17, 15) is 0 Å². The molecule has 2 aromatic rings. The number of benzene rings is 1. The Morgan fingerprint density at radius 3 is 3.00 bits per heavy atom. The lowest BCUT2D eigenvalue weighted by Gasteiger charge is -2.14. The smallest absolute Gasteiger partial charge is 0.0456 e. The third-order valence-corrected chi connectivity index (χ3v) is 3.52. The van der Waals surface area contributed by atoms with Crippen molar-refractivity contribution in [1.82, 2.24) is 10.3 Å². The summed E-state index contributed by atoms with van der Waals surface area (Å²) in [6.45, 7) is 1.05. The van der Waals surface area contributed by atoms with E-state index in [1.165, 1.54) is 16.5 Å². The Morgan fingerprint density at radius 1 is 1.31 bits per heavy atom. The van der Waals surface area contributed by atoms with Gasteiger partial charge in [-0.3, -0.25) is 0 Å². The molecule has 1 unspecified atom stereocenters. The first-order valence-electron chi connectivity index (χ1n) is 5.88. The first kappa shape index (κ1) is 9.87. The van der Waals surface area contributed by atoms with Gasteiger partial charge in [-0.25, -0.2) is 0 Å². The van der Waals surface area contributed by atoms with Crippen LogP contribution >= 0.6 is 0 Å². The number of nitrogens with two attached hydrogens (primary N) is 1. The van der Waals surface area contributed by atoms with Crippen LogP contribution in [0.4, 0.5) is 0 Å². The Balaban J connectivity index is 1.89. The molecule has 0 radical (unpaired) electrons. The van der Waals surface area contributed by atoms with E-state index in [-0.39, 0.29) is 0 Å². The summed E-state index contributed by atoms with van der Waals surface area (Å²) in [6.07, 6.45) is 4.22. The van der Waals surface area contributed by atoms with Crippen molar-refractivity contribution < 1.29 is 0 Å². The zero-order valence-corrected chi connectivity index (χ0v) is 9.24. The molecule has 0 spiro atoms. The lowest BCUT2D eigenvalue weighted by molar-refractivity contribution is 0.540. The second-order valence-corrected chi connectivity index (χ2v) is 4.58. The Bertz CT molecular complexity index is 489. The Labute approximate surface area is 95.0 Å². The highest BCUT2D eigenvalue weighted by atomic mass is 15.0. The van der Waals surface area contributed by atoms with Gasteiger partial charge in [0.2, 0.25) is 0 Å². The van der Waals surface area contributed by atoms with E-state index < -0.39 is 0 Å². The summed E-state index contributed by atoms with van der Waals surface area (Å²) in [5.74, 6) is 0. The van der Waals surface area contributed by atoms with E-state index in [0.717, 1.165) is 19.4 Å². The molecule has 3 rings (SSSR count). The fraction of sp³-hybridized carbons (Fsp3) is 0.385. The van der Waals surface area contributed by atoms with Crippen LogP contribution < -0.4 is 11.1 Å². The third-order valence-electron chi connectivity index (χ3n) is 3.52. The zero-order chi connectivity index (χ0) is 11.0. The summed E-state index contributed by atoms with van der Waals surface area (Å²) in [6, 6.07) is 9.15. The standard InChI is InChI=1S/C13H17N3/c14-11-5-6-15-13(11)7-9-8-16-12-4-2-1-3-10(9)12/h1-4,8,11,13,15-16H,5-7,14H2/t11?,13-/m0/s1. The number of H-pyrrole nitrogens is 1. The number of hydrogen-bond donors (Lipinski definition) is 3. The molecule has 2 heterocycles. The normalized spacial score (nSPS) is 25.3. The first-order chi connectivity index (χ1) is 7.84. The quantitative estimate of drug-likeness (QED) is 0.709. The average molecular weight is 215 g/mol. The third kappa shape index (κ3) is 1.62. The van der Waals surface area contributed by atoms with Crippen LogP contribution in [0.1, 0.15) is 12.0 Å². The molecular formula is C13H17N3. The van der Waals surface area contributed by atoms with Crippen molar-refractivity contribution in [3.63, 3.8) is 0 Å². The topological polar surface area (TPSA) is 53.8 Å². The Morgan fingerprint density at radius 2 is 2.19 bits per heavy atom. The van der Waals surface area contributed by atoms with Crippen molar-refractivity contribution in [2.75, 3.05) is 6.54 Å². The van der Waals surface area contributed by atoms with Crippen LogP contribution in [0.15, 0.2) is 30.5 Å². The van der Waals surface area contributed by atoms with Gasteiger partial charge in [-0.2, -0.15) is 0 Å². The van der Waals surface area contributed by atoms with E-state index >= 15 is 0 Å². The largest absolute Gasteiger partial charge is 0.361 e. The van der Waals surface area contributed by atoms with Crippen LogP contribution in [0, 0.1) is 0 Å². The molecule has 4 N–H and O–H groups in total. The van der Waals surface area contributed by atoms with Gasteiger partial charge in [-0.1, -0.05) is 18.2 Å². The highest BCUT2D eigenvalue weighted by Gasteiger charge is 2.23. The fourth-order valence-corrected chi connectivity index (χ4v) is 2.55. The minimum absolute atomic E-state index is 0.300. The predicted molar refractivity (Wildman–Crippen MR) is 66.4 cm³/mol. The molecule has 1 fully saturated rings. The average Bonchev–Trinajstić information content (AvgIpc) is 2.88. The van der Waals surface area contributed by atoms with E-state index in [4.69, 9.17) is 5.73 Å². The van der Waals surface area contributed by atoms with Gasteiger partial charge in [-0.15, -0.1) is 0 Å². The molecule has 0 bridgehead atoms. The summed E-state index contributed by atoms with van der Waals surface area (Å²) in [5, 5.41) is 4.79. The number of hydrogen-bond acceptors (Lipinski definition) is 2. The lowest BCUT2D eigenvalue weighted by Crippen LogP contribution is -2.37. The predicted octanol–water partition coefficient (Wildman–Crippen LogP) is 1.40. The second-order valence-electron chi connectivity index (χ2n) is 4.58. The van der Waals surface area contributed by atoms with Crippen molar-refractivity contribution in [3.8, 4) is 0 Å². The minimum atomic E-state index is 0.300. The summed E-state index contributed by atoms with van der Waals surface area (Å²) < 4.78 is 0. The van der Waals surface area contributed by atoms with Crippen LogP contribution in [0.25, 0.3) is 10.9 Å². The summed E-state index contributed by atoms with van der Waals surface area (Å²) >= 11 is 0. The number of aromatic nitrogens is 1. The van der Waals surface area contributed by atoms with Gasteiger partial charge >= 0.3 is 0 Å². The van der Waals surface area contributed by atoms with Gasteiger partial charge in [0.1, 0.15) is 0 Å². The Hall–Kier alpha value is -1.32. The monoisotopic (exact) mass is 215 g/mol. The van der Waals surface area contributed by atoms with E-state index in [1.54, 1.807) is 0 Å². The number of fused-ring (bicyclic) bond motifs is 1. The maximum atomic E-state index is 6.07. The van der Waals surface area contributed by atoms with Gasteiger partial charge in [0.25, 0.3) is 0 Å². The maximum Gasteiger partial charge on any atom is 0.0456 e. The minimum Gasteiger partial charge on any atom is -0.361 e. The molecule has 0 aliphatic carbocycles. The molecule has 1 saturated heterocycles. The molecule has 1 aliphatic heterocycles. The fourth-order valence-electron chi connectivity index (χ4n) is 2.55. The molecular weight excluding hydrogens is 198 g/mol. The van der Waals surface area contributed by atoms with E-state index in [1.807, 2.05) is 0 Å². The molecule has 1 aromatic carbocycles. The number of nitrogens with one attached hydrogen (secondary N) is 2. The number of aromatic amines is 1. The van der Waals surface area contributed by atoms with Gasteiger partial charge in [0.15, 0.2) is 0 Å². The van der Waals surface area contributed by atoms with Crippen molar-refractivity contribution in [3.05, 3.63) is 36.0 Å². The van der Waals surface area contributed by atoms with Gasteiger partial charge < -0.3 is 16.0 Å². The molecule has 2 atom stereocenters. The molecule has 16 heavy (non-hydrogen) atoms. The zero-order valence-electron chi connectivity index (χ0n) is 9.24. The van der Waals surface area contributed by atoms with Gasteiger partial charge in [-0.05, 0) is 31.0 Å². The molecule has 3 nitrogen and oxygen atoms in total. The summed E-state index contributed by atoms with van der Waals surface area (Å²) in [5.41, 5.74) is 8.65. The van der Waals surface area contributed by atoms with Crippen LogP contribution in [0.5, 0.6) is 0 Å². The molecule has 0 saturated carbocycles. The van der Waals surface area contributed by atoms with Gasteiger partial charge in [0, 0.05) is 29.2 Å². The van der Waals surface area contributed by atoms with Crippen molar-refractivity contribution >= 4 is 10.9 Å². The van der Waals surface area contributed by atoms with E-state index in [0.29, 0.717) is 12.1 Å². The number of para-hydroxylation sites is 1. The maximum absolute atomic E-state index is 6.07. The second kappa shape index (κ2) is 3.92. The molecule has 1 aliphatic rings. The Kier molecular flexibility index (Phi) is 2.42. The lowest BCUT2D eigenvalue weighted by atomic mass is 10.0.